The fraction of sp³-hybridized carbons (Fsp3) is 0.381. The molecule has 14 rings (SSSR count). The molecular weight excluding hydrogens is 1580 g/mol. The van der Waals surface area contributed by atoms with Crippen LogP contribution in [-0.2, 0) is 116 Å². The standard InChI is InChI=1S/C97H105NO23Si/c1-64(99)50-55-80(101)117-84-78(63-113-122(97(2,3)4,72-43-25-12-26-44-72)73-45-27-13-28-46-73)116-96(120-85-81(98-90(102)74-47-30-31-48-75(74)91(98)103)94(108-56-32-14-29-49-79(100)106-6)114-77-62-112-93(119-83(77)85)70-51-53-71(105-5)54-52-70)89(118-92(104)69-41-23-11-24-42-69)87(84)121-95-88(111-60-68-39-21-10-22-40-68)86(110-59-67-37-19-9-20-38-67)82(109-58-66-35-17-8-18-36-66)76(115-95)61-107-57-65-33-15-7-16-34-65/h7-13,15-28,30-31,33-48,51-54,76-78,81-89,93-96H,14,29,32,49-50,55-63H2,1-6H3/t76-,77-,78-,81-,82+,83-,84+,85-,86+,87+,88-,89-,93-,94-,95-,96+/m1/s1. The van der Waals surface area contributed by atoms with E-state index in [0.29, 0.717) is 30.6 Å². The van der Waals surface area contributed by atoms with Crippen molar-refractivity contribution >= 4 is 54.2 Å². The van der Waals surface area contributed by atoms with Crippen molar-refractivity contribution in [2.24, 2.45) is 0 Å². The summed E-state index contributed by atoms with van der Waals surface area (Å²) < 4.78 is 120. The molecule has 25 heteroatoms. The van der Waals surface area contributed by atoms with Crippen molar-refractivity contribution in [2.45, 2.75) is 196 Å². The number of hydrogen-bond donors (Lipinski definition) is 0. The molecule has 16 atom stereocenters. The number of ether oxygens (including phenoxy) is 16. The van der Waals surface area contributed by atoms with Gasteiger partial charge in [-0.05, 0) is 93.8 Å². The molecule has 0 saturated carbocycles. The molecule has 640 valence electrons. The number of carbonyl (C=O) groups is 6. The van der Waals surface area contributed by atoms with Gasteiger partial charge in [0, 0.05) is 25.0 Å². The number of amides is 2. The number of nitrogens with zero attached hydrogens (tertiary/aromatic N) is 1. The Labute approximate surface area is 712 Å². The van der Waals surface area contributed by atoms with Gasteiger partial charge in [-0.1, -0.05) is 252 Å². The van der Waals surface area contributed by atoms with Crippen molar-refractivity contribution in [3.05, 3.63) is 305 Å². The summed E-state index contributed by atoms with van der Waals surface area (Å²) in [6.07, 6.45) is -21.4. The van der Waals surface area contributed by atoms with Crippen LogP contribution in [0, 0.1) is 0 Å². The number of ketones is 1. The van der Waals surface area contributed by atoms with Crippen molar-refractivity contribution in [3.63, 3.8) is 0 Å². The van der Waals surface area contributed by atoms with Crippen molar-refractivity contribution in [2.75, 3.05) is 40.6 Å². The molecule has 0 spiro atoms. The molecule has 0 bridgehead atoms. The van der Waals surface area contributed by atoms with E-state index in [1.165, 1.54) is 14.0 Å². The molecule has 2 amide bonds. The molecule has 4 saturated heterocycles. The van der Waals surface area contributed by atoms with Crippen LogP contribution in [0.3, 0.4) is 0 Å². The predicted molar refractivity (Wildman–Crippen MR) is 450 cm³/mol. The lowest BCUT2D eigenvalue weighted by molar-refractivity contribution is -0.394. The number of Topliss-reactive ketones (excluding diaryl/α,β-unsaturated/α-hetero) is 1. The topological polar surface area (TPSA) is 263 Å². The Hall–Kier alpha value is -10.3. The zero-order chi connectivity index (χ0) is 85.0. The van der Waals surface area contributed by atoms with E-state index in [4.69, 9.17) is 80.2 Å². The van der Waals surface area contributed by atoms with Crippen LogP contribution in [0.4, 0.5) is 0 Å². The summed E-state index contributed by atoms with van der Waals surface area (Å²) in [7, 11) is -0.845. The molecular formula is C97H105NO23Si. The lowest BCUT2D eigenvalue weighted by Gasteiger charge is -2.53. The number of methoxy groups -OCH3 is 2. The SMILES string of the molecule is COC(=O)CCCCCO[C@@H]1O[C@@H]2CO[C@@H](c3ccc(OC)cc3)O[C@H]2[C@H](O[C@@H]2O[C@H](CO[Si](c3ccccc3)(c3ccccc3)C(C)(C)C)[C@H](OC(=O)CCC(C)=O)[C@H](O[C@H]3O[C@H](COCc4ccccc4)[C@H](OCc4ccccc4)[C@H](OCc4ccccc4)[C@H]3OCc3ccccc3)[C@H]2OC(=O)c2ccccc2)[C@H]1N1C(=O)c2ccccc2C1=O. The molecule has 24 nitrogen and oxygen atoms in total. The Kier molecular flexibility index (Phi) is 30.4. The third-order valence-corrected chi connectivity index (χ3v) is 27.5. The zero-order valence-corrected chi connectivity index (χ0v) is 70.3. The summed E-state index contributed by atoms with van der Waals surface area (Å²) >= 11 is 0. The highest BCUT2D eigenvalue weighted by Crippen LogP contribution is 2.45. The molecule has 5 aliphatic rings. The van der Waals surface area contributed by atoms with Crippen LogP contribution in [0.2, 0.25) is 5.04 Å². The summed E-state index contributed by atoms with van der Waals surface area (Å²) in [6, 6.07) is 78.2. The number of esters is 3. The van der Waals surface area contributed by atoms with Crippen LogP contribution in [0.15, 0.2) is 261 Å². The third-order valence-electron chi connectivity index (χ3n) is 22.5. The van der Waals surface area contributed by atoms with E-state index < -0.39 is 148 Å². The van der Waals surface area contributed by atoms with Gasteiger partial charge in [0.05, 0.1) is 83.6 Å². The van der Waals surface area contributed by atoms with Crippen LogP contribution < -0.4 is 15.1 Å². The molecule has 9 aromatic carbocycles. The number of imide groups is 1. The average molecular weight is 1680 g/mol. The molecule has 5 aliphatic heterocycles. The Balaban J connectivity index is 0.982. The zero-order valence-electron chi connectivity index (χ0n) is 69.3. The highest BCUT2D eigenvalue weighted by molar-refractivity contribution is 6.99. The van der Waals surface area contributed by atoms with Crippen LogP contribution in [-0.4, -0.2) is 181 Å². The van der Waals surface area contributed by atoms with Crippen LogP contribution in [0.1, 0.15) is 131 Å². The molecule has 0 unspecified atom stereocenters. The first-order valence-electron chi connectivity index (χ1n) is 41.6. The maximum atomic E-state index is 16.0. The smallest absolute Gasteiger partial charge is 0.338 e. The first-order chi connectivity index (χ1) is 59.4. The Morgan fingerprint density at radius 3 is 1.49 bits per heavy atom. The monoisotopic (exact) mass is 1680 g/mol. The second kappa shape index (κ2) is 42.2. The lowest BCUT2D eigenvalue weighted by atomic mass is 9.93. The Morgan fingerprint density at radius 2 is 0.951 bits per heavy atom. The quantitative estimate of drug-likeness (QED) is 0.0114. The van der Waals surface area contributed by atoms with E-state index in [-0.39, 0.29) is 87.5 Å². The normalized spacial score (nSPS) is 24.6. The Bertz CT molecular complexity index is 4770. The minimum atomic E-state index is -3.72. The third kappa shape index (κ3) is 21.5. The number of fused-ring (bicyclic) bond motifs is 2. The highest BCUT2D eigenvalue weighted by atomic mass is 28.4. The van der Waals surface area contributed by atoms with Gasteiger partial charge in [0.25, 0.3) is 20.1 Å². The fourth-order valence-electron chi connectivity index (χ4n) is 16.3. The van der Waals surface area contributed by atoms with Crippen molar-refractivity contribution < 1.29 is 109 Å². The van der Waals surface area contributed by atoms with Gasteiger partial charge in [-0.15, -0.1) is 0 Å². The second-order valence-electron chi connectivity index (χ2n) is 31.8. The summed E-state index contributed by atoms with van der Waals surface area (Å²) in [5, 5.41) is 1.04. The van der Waals surface area contributed by atoms with Gasteiger partial charge >= 0.3 is 17.9 Å². The molecule has 0 aromatic heterocycles. The molecule has 122 heavy (non-hydrogen) atoms. The fourth-order valence-corrected chi connectivity index (χ4v) is 20.9. The number of carbonyl (C=O) groups excluding carboxylic acids is 6. The molecule has 0 N–H and O–H groups in total. The van der Waals surface area contributed by atoms with Crippen molar-refractivity contribution in [1.82, 2.24) is 4.90 Å². The lowest BCUT2D eigenvalue weighted by Crippen LogP contribution is -2.72. The van der Waals surface area contributed by atoms with Crippen molar-refractivity contribution in [3.8, 4) is 5.75 Å². The van der Waals surface area contributed by atoms with E-state index in [1.807, 2.05) is 182 Å². The van der Waals surface area contributed by atoms with Gasteiger partial charge in [-0.25, -0.2) is 4.79 Å². The summed E-state index contributed by atoms with van der Waals surface area (Å²) in [5.74, 6) is -3.40. The van der Waals surface area contributed by atoms with Crippen LogP contribution in [0.25, 0.3) is 0 Å². The van der Waals surface area contributed by atoms with Gasteiger partial charge in [0.1, 0.15) is 72.5 Å². The van der Waals surface area contributed by atoms with Crippen LogP contribution >= 0.6 is 0 Å². The Morgan fingerprint density at radius 1 is 0.451 bits per heavy atom. The van der Waals surface area contributed by atoms with E-state index in [0.717, 1.165) is 37.5 Å². The summed E-state index contributed by atoms with van der Waals surface area (Å²) in [5.41, 5.74) is 4.01. The number of hydrogen-bond acceptors (Lipinski definition) is 23. The number of benzene rings is 9. The minimum Gasteiger partial charge on any atom is -0.497 e. The number of unbranched alkanes of at least 4 members (excludes halogenated alkanes) is 2. The molecule has 9 aromatic rings. The van der Waals surface area contributed by atoms with E-state index in [2.05, 4.69) is 20.8 Å². The van der Waals surface area contributed by atoms with Gasteiger partial charge in [-0.3, -0.25) is 24.1 Å². The van der Waals surface area contributed by atoms with Crippen molar-refractivity contribution in [1.29, 1.82) is 0 Å². The largest absolute Gasteiger partial charge is 0.497 e. The molecule has 5 heterocycles. The van der Waals surface area contributed by atoms with Gasteiger partial charge in [0.15, 0.2) is 37.4 Å². The summed E-state index contributed by atoms with van der Waals surface area (Å²) in [4.78, 5) is 89.5. The minimum absolute atomic E-state index is 0.0167. The average Bonchev–Trinajstić information content (AvgIpc) is 1.42. The van der Waals surface area contributed by atoms with Gasteiger partial charge < -0.3 is 85.0 Å². The first kappa shape index (κ1) is 88.0. The number of rotatable bonds is 38. The predicted octanol–water partition coefficient (Wildman–Crippen LogP) is 13.5. The highest BCUT2D eigenvalue weighted by Gasteiger charge is 2.63. The molecule has 4 fully saturated rings. The second-order valence-corrected chi connectivity index (χ2v) is 36.1. The summed E-state index contributed by atoms with van der Waals surface area (Å²) in [6.45, 7) is 7.07. The maximum Gasteiger partial charge on any atom is 0.338 e. The van der Waals surface area contributed by atoms with E-state index >= 15 is 19.2 Å². The van der Waals surface area contributed by atoms with E-state index in [1.54, 1.807) is 86.0 Å². The maximum absolute atomic E-state index is 16.0. The van der Waals surface area contributed by atoms with Gasteiger partial charge in [-0.2, -0.15) is 0 Å². The van der Waals surface area contributed by atoms with Gasteiger partial charge in [0.2, 0.25) is 0 Å². The van der Waals surface area contributed by atoms with E-state index in [9.17, 15) is 9.59 Å². The molecule has 0 aliphatic carbocycles. The molecule has 0 radical (unpaired) electrons. The van der Waals surface area contributed by atoms with Crippen LogP contribution in [0.5, 0.6) is 5.75 Å². The first-order valence-corrected chi connectivity index (χ1v) is 43.5.